The number of nitrogens with one attached hydrogen (secondary N) is 3. The zero-order valence-corrected chi connectivity index (χ0v) is 22.1. The van der Waals surface area contributed by atoms with E-state index in [0.717, 1.165) is 16.9 Å². The van der Waals surface area contributed by atoms with Crippen LogP contribution >= 0.6 is 12.0 Å². The summed E-state index contributed by atoms with van der Waals surface area (Å²) in [4.78, 5) is 17.8. The molecule has 1 aromatic heterocycles. The average molecular weight is 592 g/mol. The molecule has 0 aliphatic rings. The molecule has 18 heteroatoms. The Labute approximate surface area is 227 Å². The van der Waals surface area contributed by atoms with Crippen LogP contribution in [-0.4, -0.2) is 31.8 Å². The molecule has 0 spiro atoms. The van der Waals surface area contributed by atoms with Crippen molar-refractivity contribution in [2.45, 2.75) is 14.7 Å². The van der Waals surface area contributed by atoms with E-state index in [9.17, 15) is 16.8 Å². The van der Waals surface area contributed by atoms with Crippen LogP contribution in [0, 0.1) is 0 Å². The highest BCUT2D eigenvalue weighted by molar-refractivity contribution is 7.94. The van der Waals surface area contributed by atoms with Gasteiger partial charge >= 0.3 is 0 Å². The second kappa shape index (κ2) is 11.9. The molecule has 0 aliphatic heterocycles. The molecule has 4 aromatic rings. The van der Waals surface area contributed by atoms with Gasteiger partial charge in [-0.2, -0.15) is 20.8 Å². The van der Waals surface area contributed by atoms with Crippen LogP contribution < -0.4 is 32.1 Å². The summed E-state index contributed by atoms with van der Waals surface area (Å²) >= 11 is 0.920. The number of primary sulfonamides is 2. The van der Waals surface area contributed by atoms with Crippen LogP contribution in [0.4, 0.5) is 34.9 Å². The van der Waals surface area contributed by atoms with Gasteiger partial charge in [0.2, 0.25) is 37.9 Å². The molecule has 9 N–H and O–H groups in total. The average Bonchev–Trinajstić information content (AvgIpc) is 2.88. The summed E-state index contributed by atoms with van der Waals surface area (Å²) < 4.78 is 50.8. The van der Waals surface area contributed by atoms with Crippen LogP contribution in [0.15, 0.2) is 87.5 Å². The van der Waals surface area contributed by atoms with Crippen LogP contribution in [0.1, 0.15) is 0 Å². The van der Waals surface area contributed by atoms with Gasteiger partial charge in [0.15, 0.2) is 0 Å². The normalized spacial score (nSPS) is 11.7. The van der Waals surface area contributed by atoms with E-state index < -0.39 is 20.0 Å². The van der Waals surface area contributed by atoms with E-state index in [1.807, 2.05) is 0 Å². The number of rotatable bonds is 11. The largest absolute Gasteiger partial charge is 0.324 e. The van der Waals surface area contributed by atoms with Gasteiger partial charge in [0, 0.05) is 22.0 Å². The van der Waals surface area contributed by atoms with Gasteiger partial charge in [0.1, 0.15) is 0 Å². The molecule has 0 fully saturated rings. The van der Waals surface area contributed by atoms with Crippen molar-refractivity contribution >= 4 is 67.0 Å². The summed E-state index contributed by atoms with van der Waals surface area (Å²) in [6.07, 6.45) is 0. The number of aromatic nitrogens is 3. The summed E-state index contributed by atoms with van der Waals surface area (Å²) in [6.45, 7) is 0. The Hall–Kier alpha value is -3.88. The van der Waals surface area contributed by atoms with Gasteiger partial charge in [-0.25, -0.2) is 27.1 Å². The summed E-state index contributed by atoms with van der Waals surface area (Å²) in [5.74, 6) is 5.22. The summed E-state index contributed by atoms with van der Waals surface area (Å²) in [7, 11) is -7.71. The number of hydrogen-bond acceptors (Lipinski definition) is 14. The zero-order valence-electron chi connectivity index (χ0n) is 19.7. The molecular weight excluding hydrogens is 570 g/mol. The lowest BCUT2D eigenvalue weighted by atomic mass is 10.3. The zero-order chi connectivity index (χ0) is 28.0. The van der Waals surface area contributed by atoms with Crippen LogP contribution in [0.3, 0.4) is 0 Å². The topological polar surface area (TPSA) is 240 Å². The first-order valence-corrected chi connectivity index (χ1v) is 14.5. The van der Waals surface area contributed by atoms with Crippen molar-refractivity contribution in [3.63, 3.8) is 0 Å². The third-order valence-electron chi connectivity index (χ3n) is 4.79. The van der Waals surface area contributed by atoms with Crippen molar-refractivity contribution < 1.29 is 26.2 Å². The predicted molar refractivity (Wildman–Crippen MR) is 144 cm³/mol. The fraction of sp³-hybridized carbons (Fsp3) is 0. The molecular formula is C21H21N9O6S3. The standard InChI is InChI=1S/C21H21N9O6S3/c22-35-36-37-16-7-1-13(2-8-16)25-19-28-20(26-14-3-9-17(10-4-14)38(23,31)32)30-21(29-19)27-15-5-11-18(12-6-15)39(24,33)34/h1-12H,22H2,(H2,23,31,32)(H2,24,33,34)(H3,25,26,27,28,29,30). The minimum absolute atomic E-state index is 0.0543. The van der Waals surface area contributed by atoms with Gasteiger partial charge in [-0.05, 0) is 72.8 Å². The predicted octanol–water partition coefficient (Wildman–Crippen LogP) is 2.23. The van der Waals surface area contributed by atoms with Gasteiger partial charge in [0.25, 0.3) is 0 Å². The third kappa shape index (κ3) is 8.05. The fourth-order valence-electron chi connectivity index (χ4n) is 3.04. The lowest BCUT2D eigenvalue weighted by Gasteiger charge is -2.12. The molecule has 39 heavy (non-hydrogen) atoms. The number of nitrogens with zero attached hydrogens (tertiary/aromatic N) is 3. The third-order valence-corrected chi connectivity index (χ3v) is 7.26. The first kappa shape index (κ1) is 28.1. The highest BCUT2D eigenvalue weighted by atomic mass is 32.2. The Morgan fingerprint density at radius 3 is 1.23 bits per heavy atom. The highest BCUT2D eigenvalue weighted by Crippen LogP contribution is 2.25. The molecule has 0 bridgehead atoms. The van der Waals surface area contributed by atoms with Crippen molar-refractivity contribution in [2.75, 3.05) is 16.0 Å². The molecule has 0 amide bonds. The molecule has 1 heterocycles. The molecule has 204 valence electrons. The monoisotopic (exact) mass is 591 g/mol. The van der Waals surface area contributed by atoms with Crippen molar-refractivity contribution in [3.05, 3.63) is 72.8 Å². The van der Waals surface area contributed by atoms with E-state index in [1.54, 1.807) is 24.3 Å². The Bertz CT molecular complexity index is 1560. The molecule has 0 aliphatic carbocycles. The van der Waals surface area contributed by atoms with Gasteiger partial charge in [0.05, 0.1) is 21.8 Å². The van der Waals surface area contributed by atoms with Crippen LogP contribution in [-0.2, 0) is 29.4 Å². The molecule has 0 saturated heterocycles. The summed E-state index contributed by atoms with van der Waals surface area (Å²) in [5.41, 5.74) is 1.59. The second-order valence-corrected chi connectivity index (χ2v) is 11.5. The Balaban J connectivity index is 1.61. The Kier molecular flexibility index (Phi) is 8.57. The van der Waals surface area contributed by atoms with Crippen molar-refractivity contribution in [1.29, 1.82) is 0 Å². The minimum Gasteiger partial charge on any atom is -0.324 e. The Morgan fingerprint density at radius 1 is 0.590 bits per heavy atom. The molecule has 15 nitrogen and oxygen atoms in total. The first-order chi connectivity index (χ1) is 18.5. The lowest BCUT2D eigenvalue weighted by molar-refractivity contribution is -0.195. The van der Waals surface area contributed by atoms with E-state index in [-0.39, 0.29) is 27.6 Å². The van der Waals surface area contributed by atoms with Crippen molar-refractivity contribution in [2.24, 2.45) is 16.2 Å². The van der Waals surface area contributed by atoms with Crippen molar-refractivity contribution in [1.82, 2.24) is 15.0 Å². The highest BCUT2D eigenvalue weighted by Gasteiger charge is 2.12. The van der Waals surface area contributed by atoms with E-state index in [2.05, 4.69) is 40.2 Å². The van der Waals surface area contributed by atoms with Gasteiger partial charge in [-0.1, -0.05) is 0 Å². The van der Waals surface area contributed by atoms with E-state index in [0.29, 0.717) is 17.1 Å². The quantitative estimate of drug-likeness (QED) is 0.0833. The van der Waals surface area contributed by atoms with Crippen LogP contribution in [0.2, 0.25) is 0 Å². The number of nitrogens with two attached hydrogens (primary N) is 3. The summed E-state index contributed by atoms with van der Waals surface area (Å²) in [5, 5.41) is 19.3. The van der Waals surface area contributed by atoms with Gasteiger partial charge in [-0.3, -0.25) is 0 Å². The maximum Gasteiger partial charge on any atom is 0.238 e. The molecule has 0 saturated carbocycles. The molecule has 0 atom stereocenters. The molecule has 4 rings (SSSR count). The van der Waals surface area contributed by atoms with Crippen LogP contribution in [0.5, 0.6) is 0 Å². The number of anilines is 6. The summed E-state index contributed by atoms with van der Waals surface area (Å²) in [6, 6.07) is 18.3. The lowest BCUT2D eigenvalue weighted by Crippen LogP contribution is -2.12. The number of sulfonamides is 2. The van der Waals surface area contributed by atoms with Crippen LogP contribution in [0.25, 0.3) is 0 Å². The Morgan fingerprint density at radius 2 is 0.923 bits per heavy atom. The maximum atomic E-state index is 11.5. The van der Waals surface area contributed by atoms with Gasteiger partial charge in [-0.15, -0.1) is 9.32 Å². The van der Waals surface area contributed by atoms with Crippen molar-refractivity contribution in [3.8, 4) is 0 Å². The minimum atomic E-state index is -3.85. The maximum absolute atomic E-state index is 11.5. The van der Waals surface area contributed by atoms with Gasteiger partial charge < -0.3 is 16.0 Å². The number of hydrogen-bond donors (Lipinski definition) is 6. The SMILES string of the molecule is NOOSc1ccc(Nc2nc(Nc3ccc(S(N)(=O)=O)cc3)nc(Nc3ccc(S(N)(=O)=O)cc3)n2)cc1. The molecule has 0 unspecified atom stereocenters. The number of benzene rings is 3. The second-order valence-electron chi connectivity index (χ2n) is 7.59. The fourth-order valence-corrected chi connectivity index (χ4v) is 4.44. The van der Waals surface area contributed by atoms with E-state index >= 15 is 0 Å². The smallest absolute Gasteiger partial charge is 0.238 e. The molecule has 0 radical (unpaired) electrons. The first-order valence-electron chi connectivity index (χ1n) is 10.6. The van der Waals surface area contributed by atoms with E-state index in [4.69, 9.17) is 16.2 Å². The van der Waals surface area contributed by atoms with E-state index in [1.165, 1.54) is 48.5 Å². The molecule has 3 aromatic carbocycles.